The van der Waals surface area contributed by atoms with Gasteiger partial charge in [0.2, 0.25) is 0 Å². The van der Waals surface area contributed by atoms with Crippen LogP contribution in [0.4, 0.5) is 0 Å². The zero-order chi connectivity index (χ0) is 12.8. The maximum atomic E-state index is 8.25. The van der Waals surface area contributed by atoms with Crippen LogP contribution in [0.5, 0.6) is 0 Å². The summed E-state index contributed by atoms with van der Waals surface area (Å²) < 4.78 is 8.25. The van der Waals surface area contributed by atoms with Crippen LogP contribution >= 0.6 is 0 Å². The van der Waals surface area contributed by atoms with Gasteiger partial charge in [0.05, 0.1) is 0 Å². The fraction of sp³-hybridized carbons (Fsp3) is 0.667. The van der Waals surface area contributed by atoms with Gasteiger partial charge in [-0.1, -0.05) is 27.7 Å². The third-order valence-electron chi connectivity index (χ3n) is 0. The van der Waals surface area contributed by atoms with E-state index in [0.717, 1.165) is 46.1 Å². The van der Waals surface area contributed by atoms with Crippen molar-refractivity contribution in [2.24, 2.45) is 0 Å². The summed E-state index contributed by atoms with van der Waals surface area (Å²) in [7, 11) is 0. The van der Waals surface area contributed by atoms with Gasteiger partial charge in [0.15, 0.2) is 0 Å². The molecule has 0 saturated carbocycles. The normalized spacial score (nSPS) is 5.36. The van der Waals surface area contributed by atoms with Crippen LogP contribution < -0.4 is 0 Å². The van der Waals surface area contributed by atoms with Gasteiger partial charge in [0.1, 0.15) is 0 Å². The van der Waals surface area contributed by atoms with E-state index < -0.39 is 0 Å². The van der Waals surface area contributed by atoms with Gasteiger partial charge < -0.3 is 27.7 Å². The van der Waals surface area contributed by atoms with Crippen LogP contribution in [0.2, 0.25) is 0 Å². The van der Waals surface area contributed by atoms with Crippen molar-refractivity contribution in [2.75, 3.05) is 0 Å². The van der Waals surface area contributed by atoms with E-state index in [1.807, 2.05) is 27.7 Å². The maximum absolute atomic E-state index is 8.25. The van der Waals surface area contributed by atoms with Gasteiger partial charge in [-0.3, -0.25) is 0 Å². The van der Waals surface area contributed by atoms with Gasteiger partial charge in [-0.25, -0.2) is 0 Å². The van der Waals surface area contributed by atoms with E-state index in [1.54, 1.807) is 0 Å². The minimum absolute atomic E-state index is 0.750. The molecule has 0 heterocycles. The van der Waals surface area contributed by atoms with Crippen molar-refractivity contribution in [3.8, 4) is 0 Å². The van der Waals surface area contributed by atoms with Gasteiger partial charge in [-0.2, -0.15) is 25.7 Å². The van der Waals surface area contributed by atoms with Crippen molar-refractivity contribution in [1.29, 1.82) is 0 Å². The van der Waals surface area contributed by atoms with Crippen molar-refractivity contribution in [3.63, 3.8) is 0 Å². The van der Waals surface area contributed by atoms with Crippen molar-refractivity contribution in [2.45, 2.75) is 53.4 Å². The number of hydrogen-bond acceptors (Lipinski definition) is 1. The topological polar surface area (TPSA) is 17.1 Å². The summed E-state index contributed by atoms with van der Waals surface area (Å²) in [4.78, 5) is 0. The van der Waals surface area contributed by atoms with Crippen LogP contribution in [0.25, 0.3) is 0 Å². The van der Waals surface area contributed by atoms with Gasteiger partial charge in [0, 0.05) is 0 Å². The molecule has 0 rings (SSSR count). The third-order valence-corrected chi connectivity index (χ3v) is 0. The predicted octanol–water partition coefficient (Wildman–Crippen LogP) is 4.80. The Morgan fingerprint density at radius 3 is 0.643 bits per heavy atom. The standard InChI is InChI=1S/4C3H7.O.Ti/c4*1-3-2;;/h4*1,3H2,2H3;;/q4*-1;;. The third kappa shape index (κ3) is 6270. The Morgan fingerprint density at radius 1 is 0.643 bits per heavy atom. The first-order valence-corrected chi connectivity index (χ1v) is 5.67. The van der Waals surface area contributed by atoms with E-state index in [-0.39, 0.29) is 0 Å². The van der Waals surface area contributed by atoms with Crippen molar-refractivity contribution < 1.29 is 23.7 Å². The number of hydrogen-bond donors (Lipinski definition) is 0. The fourth-order valence-electron chi connectivity index (χ4n) is 0. The fourth-order valence-corrected chi connectivity index (χ4v) is 0. The molecule has 0 aromatic carbocycles. The summed E-state index contributed by atoms with van der Waals surface area (Å²) in [6.45, 7) is 22.0. The van der Waals surface area contributed by atoms with Crippen LogP contribution in [0.1, 0.15) is 53.4 Å². The molecule has 0 spiro atoms. The minimum atomic E-state index is 0.750. The van der Waals surface area contributed by atoms with E-state index >= 15 is 0 Å². The van der Waals surface area contributed by atoms with Gasteiger partial charge in [0.25, 0.3) is 0 Å². The summed E-state index contributed by atoms with van der Waals surface area (Å²) in [5, 5.41) is 0. The molecule has 0 amide bonds. The van der Waals surface area contributed by atoms with Gasteiger partial charge in [-0.05, 0) is 0 Å². The molecule has 0 aromatic rings. The quantitative estimate of drug-likeness (QED) is 0.436. The van der Waals surface area contributed by atoms with E-state index in [1.165, 1.54) is 0 Å². The molecule has 0 aliphatic heterocycles. The van der Waals surface area contributed by atoms with Crippen LogP contribution in [0.15, 0.2) is 0 Å². The van der Waals surface area contributed by atoms with Gasteiger partial charge >= 0.3 is 23.7 Å². The molecule has 14 heavy (non-hydrogen) atoms. The molecule has 0 bridgehead atoms. The Morgan fingerprint density at radius 2 is 0.643 bits per heavy atom. The second kappa shape index (κ2) is 104. The molecule has 0 aromatic heterocycles. The molecule has 1 nitrogen and oxygen atoms in total. The molecule has 0 N–H and O–H groups in total. The van der Waals surface area contributed by atoms with Crippen LogP contribution in [-0.4, -0.2) is 0 Å². The van der Waals surface area contributed by atoms with Crippen molar-refractivity contribution >= 4 is 0 Å². The molecule has 90 valence electrons. The summed E-state index contributed by atoms with van der Waals surface area (Å²) in [6, 6.07) is 0. The Balaban J connectivity index is -0.0000000243. The number of rotatable bonds is 0. The molecule has 0 saturated heterocycles. The average Bonchev–Trinajstić information content (AvgIpc) is 2.12. The summed E-state index contributed by atoms with van der Waals surface area (Å²) in [6.07, 6.45) is 4.00. The zero-order valence-corrected chi connectivity index (χ0v) is 12.1. The molecule has 0 atom stereocenters. The monoisotopic (exact) mass is 236 g/mol. The second-order valence-electron chi connectivity index (χ2n) is 2.00. The van der Waals surface area contributed by atoms with Gasteiger partial charge in [-0.15, -0.1) is 0 Å². The van der Waals surface area contributed by atoms with Crippen LogP contribution in [0, 0.1) is 27.7 Å². The van der Waals surface area contributed by atoms with E-state index in [9.17, 15) is 0 Å². The Bertz CT molecular complexity index is 25.5. The Hall–Kier alpha value is 0.514. The molecule has 0 radical (unpaired) electrons. The second-order valence-corrected chi connectivity index (χ2v) is 2.00. The molecule has 0 aliphatic rings. The molecule has 2 heteroatoms. The van der Waals surface area contributed by atoms with E-state index in [2.05, 4.69) is 27.7 Å². The van der Waals surface area contributed by atoms with Crippen LogP contribution in [0.3, 0.4) is 0 Å². The first-order chi connectivity index (χ1) is 6.66. The molecule has 0 fully saturated rings. The first-order valence-electron chi connectivity index (χ1n) is 5.03. The summed E-state index contributed by atoms with van der Waals surface area (Å²) >= 11 is 0.750. The summed E-state index contributed by atoms with van der Waals surface area (Å²) in [5.74, 6) is 0. The Labute approximate surface area is 105 Å². The SMILES string of the molecule is [CH2-]CC.[CH2-]CC.[CH2-]CC.[CH2-]CC.[O]=[Ti]. The predicted molar refractivity (Wildman–Crippen MR) is 63.3 cm³/mol. The molecule has 0 aliphatic carbocycles. The zero-order valence-electron chi connectivity index (χ0n) is 10.6. The first kappa shape index (κ1) is 29.3. The van der Waals surface area contributed by atoms with Crippen LogP contribution in [-0.2, 0) is 23.7 Å². The average molecular weight is 236 g/mol. The van der Waals surface area contributed by atoms with Crippen molar-refractivity contribution in [3.05, 3.63) is 27.7 Å². The molecular formula is C12H28OTi-4. The molecular weight excluding hydrogens is 208 g/mol. The molecule has 0 unspecified atom stereocenters. The van der Waals surface area contributed by atoms with E-state index in [0.29, 0.717) is 0 Å². The summed E-state index contributed by atoms with van der Waals surface area (Å²) in [5.41, 5.74) is 0. The van der Waals surface area contributed by atoms with E-state index in [4.69, 9.17) is 3.32 Å². The van der Waals surface area contributed by atoms with Crippen molar-refractivity contribution in [1.82, 2.24) is 0 Å². The Kier molecular flexibility index (Phi) is 217.